The van der Waals surface area contributed by atoms with E-state index in [-0.39, 0.29) is 11.7 Å². The smallest absolute Gasteiger partial charge is 0.244 e. The molecule has 1 unspecified atom stereocenters. The molecule has 0 aromatic heterocycles. The van der Waals surface area contributed by atoms with E-state index >= 15 is 0 Å². The van der Waals surface area contributed by atoms with Gasteiger partial charge in [-0.2, -0.15) is 0 Å². The number of amides is 1. The highest BCUT2D eigenvalue weighted by Crippen LogP contribution is 2.52. The van der Waals surface area contributed by atoms with Gasteiger partial charge in [0.15, 0.2) is 0 Å². The van der Waals surface area contributed by atoms with Crippen LogP contribution < -0.4 is 0 Å². The lowest BCUT2D eigenvalue weighted by molar-refractivity contribution is -0.130. The van der Waals surface area contributed by atoms with Gasteiger partial charge in [0.2, 0.25) is 5.91 Å². The van der Waals surface area contributed by atoms with E-state index in [0.717, 1.165) is 25.8 Å². The summed E-state index contributed by atoms with van der Waals surface area (Å²) in [6, 6.07) is 17.3. The van der Waals surface area contributed by atoms with Crippen LogP contribution in [0.5, 0.6) is 0 Å². The fourth-order valence-corrected chi connectivity index (χ4v) is 4.03. The molecule has 1 aliphatic heterocycles. The van der Waals surface area contributed by atoms with Crippen LogP contribution in [-0.2, 0) is 11.2 Å². The minimum Gasteiger partial charge on any atom is -0.321 e. The number of carbonyl (C=O) groups excluding carboxylic acids is 1. The molecule has 2 aliphatic rings. The zero-order valence-corrected chi connectivity index (χ0v) is 17.3. The van der Waals surface area contributed by atoms with Crippen LogP contribution in [0.15, 0.2) is 48.5 Å². The quantitative estimate of drug-likeness (QED) is 0.772. The number of rotatable bonds is 4. The molecule has 1 spiro atoms. The van der Waals surface area contributed by atoms with Crippen molar-refractivity contribution in [1.82, 2.24) is 9.80 Å². The van der Waals surface area contributed by atoms with Gasteiger partial charge in [-0.3, -0.25) is 9.69 Å². The summed E-state index contributed by atoms with van der Waals surface area (Å²) in [5.41, 5.74) is 4.80. The van der Waals surface area contributed by atoms with Crippen molar-refractivity contribution in [3.05, 3.63) is 70.8 Å². The van der Waals surface area contributed by atoms with E-state index in [0.29, 0.717) is 5.91 Å². The number of aryl methyl sites for hydroxylation is 2. The number of hydrogen-bond acceptors (Lipinski definition) is 2. The van der Waals surface area contributed by atoms with Gasteiger partial charge in [-0.15, -0.1) is 0 Å². The molecule has 27 heavy (non-hydrogen) atoms. The third-order valence-electron chi connectivity index (χ3n) is 5.86. The van der Waals surface area contributed by atoms with Gasteiger partial charge in [-0.1, -0.05) is 73.5 Å². The molecule has 2 aromatic rings. The Labute approximate surface area is 164 Å². The lowest BCUT2D eigenvalue weighted by atomic mass is 10.1. The van der Waals surface area contributed by atoms with Gasteiger partial charge in [-0.05, 0) is 51.3 Å². The second kappa shape index (κ2) is 7.85. The summed E-state index contributed by atoms with van der Waals surface area (Å²) in [6.07, 6.45) is 2.94. The third kappa shape index (κ3) is 3.66. The van der Waals surface area contributed by atoms with Crippen LogP contribution in [0.2, 0.25) is 0 Å². The molecule has 1 saturated carbocycles. The van der Waals surface area contributed by atoms with E-state index in [1.807, 2.05) is 13.8 Å². The summed E-state index contributed by atoms with van der Waals surface area (Å²) in [5, 5.41) is 0. The second-order valence-electron chi connectivity index (χ2n) is 7.66. The van der Waals surface area contributed by atoms with Crippen LogP contribution in [0, 0.1) is 13.8 Å². The molecule has 1 amide bonds. The summed E-state index contributed by atoms with van der Waals surface area (Å²) in [7, 11) is 2.11. The van der Waals surface area contributed by atoms with Gasteiger partial charge in [-0.25, -0.2) is 0 Å². The lowest BCUT2D eigenvalue weighted by Crippen LogP contribution is -2.33. The Hall–Kier alpha value is -2.13. The van der Waals surface area contributed by atoms with Gasteiger partial charge in [0, 0.05) is 6.54 Å². The average molecular weight is 365 g/mol. The maximum absolute atomic E-state index is 13.1. The first kappa shape index (κ1) is 19.6. The fourth-order valence-electron chi connectivity index (χ4n) is 4.03. The highest BCUT2D eigenvalue weighted by atomic mass is 16.2. The normalized spacial score (nSPS) is 20.6. The standard InChI is InChI=1S/C22H26N2O.C2H6/c1-16-4-8-18(9-5-16)12-15-24-20(19-10-6-17(2)7-11-19)23(3)22(13-14-22)21(24)25;1-2/h4-11,20H,12-15H2,1-3H3;1-2H3. The Balaban J connectivity index is 0.00000102. The van der Waals surface area contributed by atoms with Crippen molar-refractivity contribution in [2.75, 3.05) is 13.6 Å². The summed E-state index contributed by atoms with van der Waals surface area (Å²) < 4.78 is 0. The van der Waals surface area contributed by atoms with Crippen molar-refractivity contribution in [3.63, 3.8) is 0 Å². The molecule has 2 fully saturated rings. The summed E-state index contributed by atoms with van der Waals surface area (Å²) >= 11 is 0. The molecule has 0 N–H and O–H groups in total. The number of carbonyl (C=O) groups is 1. The minimum absolute atomic E-state index is 0.0565. The summed E-state index contributed by atoms with van der Waals surface area (Å²) in [5.74, 6) is 0.313. The van der Waals surface area contributed by atoms with Crippen LogP contribution >= 0.6 is 0 Å². The SMILES string of the molecule is CC.Cc1ccc(CCN2C(=O)C3(CC3)N(C)C2c2ccc(C)cc2)cc1. The molecule has 4 rings (SSSR count). The van der Waals surface area contributed by atoms with E-state index in [1.165, 1.54) is 22.3 Å². The predicted octanol–water partition coefficient (Wildman–Crippen LogP) is 4.88. The van der Waals surface area contributed by atoms with E-state index in [1.54, 1.807) is 0 Å². The molecule has 2 aromatic carbocycles. The molecule has 0 radical (unpaired) electrons. The molecule has 1 aliphatic carbocycles. The Bertz CT molecular complexity index is 775. The Morgan fingerprint density at radius 2 is 1.44 bits per heavy atom. The maximum Gasteiger partial charge on any atom is 0.244 e. The Kier molecular flexibility index (Phi) is 5.71. The molecule has 144 valence electrons. The molecular weight excluding hydrogens is 332 g/mol. The van der Waals surface area contributed by atoms with Gasteiger partial charge in [0.05, 0.1) is 0 Å². The number of hydrogen-bond donors (Lipinski definition) is 0. The lowest BCUT2D eigenvalue weighted by Gasteiger charge is -2.29. The van der Waals surface area contributed by atoms with E-state index < -0.39 is 0 Å². The van der Waals surface area contributed by atoms with Crippen molar-refractivity contribution in [2.24, 2.45) is 0 Å². The van der Waals surface area contributed by atoms with Crippen molar-refractivity contribution in [1.29, 1.82) is 0 Å². The zero-order chi connectivity index (χ0) is 19.6. The van der Waals surface area contributed by atoms with Crippen LogP contribution in [0.4, 0.5) is 0 Å². The highest BCUT2D eigenvalue weighted by molar-refractivity contribution is 5.92. The molecule has 1 atom stereocenters. The molecule has 3 nitrogen and oxygen atoms in total. The molecule has 3 heteroatoms. The summed E-state index contributed by atoms with van der Waals surface area (Å²) in [4.78, 5) is 17.5. The van der Waals surface area contributed by atoms with Crippen LogP contribution in [0.25, 0.3) is 0 Å². The number of likely N-dealkylation sites (N-methyl/N-ethyl adjacent to an activating group) is 1. The second-order valence-corrected chi connectivity index (χ2v) is 7.66. The Morgan fingerprint density at radius 1 is 0.926 bits per heavy atom. The minimum atomic E-state index is -0.233. The predicted molar refractivity (Wildman–Crippen MR) is 112 cm³/mol. The van der Waals surface area contributed by atoms with Gasteiger partial charge >= 0.3 is 0 Å². The van der Waals surface area contributed by atoms with Crippen LogP contribution in [0.3, 0.4) is 0 Å². The van der Waals surface area contributed by atoms with E-state index in [2.05, 4.69) is 79.2 Å². The number of nitrogens with zero attached hydrogens (tertiary/aromatic N) is 2. The average Bonchev–Trinajstić information content (AvgIpc) is 3.47. The first-order chi connectivity index (χ1) is 13.0. The van der Waals surface area contributed by atoms with Crippen molar-refractivity contribution < 1.29 is 4.79 Å². The van der Waals surface area contributed by atoms with Gasteiger partial charge in [0.25, 0.3) is 0 Å². The van der Waals surface area contributed by atoms with Crippen LogP contribution in [-0.4, -0.2) is 34.8 Å². The highest BCUT2D eigenvalue weighted by Gasteiger charge is 2.63. The molecular formula is C24H32N2O. The fraction of sp³-hybridized carbons (Fsp3) is 0.458. The van der Waals surface area contributed by atoms with Crippen molar-refractivity contribution in [2.45, 2.75) is 58.7 Å². The molecule has 1 saturated heterocycles. The van der Waals surface area contributed by atoms with E-state index in [4.69, 9.17) is 0 Å². The molecule has 0 bridgehead atoms. The number of benzene rings is 2. The first-order valence-corrected chi connectivity index (χ1v) is 10.2. The van der Waals surface area contributed by atoms with Gasteiger partial charge in [0.1, 0.15) is 11.7 Å². The Morgan fingerprint density at radius 3 is 1.96 bits per heavy atom. The maximum atomic E-state index is 13.1. The van der Waals surface area contributed by atoms with Crippen molar-refractivity contribution in [3.8, 4) is 0 Å². The largest absolute Gasteiger partial charge is 0.321 e. The third-order valence-corrected chi connectivity index (χ3v) is 5.86. The monoisotopic (exact) mass is 364 g/mol. The molecule has 1 heterocycles. The topological polar surface area (TPSA) is 23.6 Å². The van der Waals surface area contributed by atoms with Crippen molar-refractivity contribution >= 4 is 5.91 Å². The zero-order valence-electron chi connectivity index (χ0n) is 17.3. The summed E-state index contributed by atoms with van der Waals surface area (Å²) in [6.45, 7) is 8.98. The van der Waals surface area contributed by atoms with E-state index in [9.17, 15) is 4.79 Å². The van der Waals surface area contributed by atoms with Crippen LogP contribution in [0.1, 0.15) is 55.1 Å². The van der Waals surface area contributed by atoms with Gasteiger partial charge < -0.3 is 4.90 Å². The first-order valence-electron chi connectivity index (χ1n) is 10.2.